The summed E-state index contributed by atoms with van der Waals surface area (Å²) in [5, 5.41) is 18.0. The Morgan fingerprint density at radius 1 is 1.19 bits per heavy atom. The van der Waals surface area contributed by atoms with E-state index in [4.69, 9.17) is 9.84 Å². The third kappa shape index (κ3) is 5.43. The Kier molecular flexibility index (Phi) is 6.93. The number of nitrogens with zero attached hydrogens (tertiary/aromatic N) is 1. The third-order valence-corrected chi connectivity index (χ3v) is 4.20. The average molecular weight is 366 g/mol. The Morgan fingerprint density at radius 3 is 2.58 bits per heavy atom. The number of likely N-dealkylation sites (tertiary alicyclic amines) is 1. The minimum atomic E-state index is -1.16. The Morgan fingerprint density at radius 2 is 1.92 bits per heavy atom. The van der Waals surface area contributed by atoms with Crippen LogP contribution in [-0.2, 0) is 25.6 Å². The molecule has 26 heavy (non-hydrogen) atoms. The molecule has 0 unspecified atom stereocenters. The molecule has 9 nitrogen and oxygen atoms in total. The number of aliphatic carboxylic acids is 1. The van der Waals surface area contributed by atoms with E-state index in [1.165, 1.54) is 4.90 Å². The maximum atomic E-state index is 11.6. The van der Waals surface area contributed by atoms with Gasteiger partial charge in [0.1, 0.15) is 13.2 Å². The second-order valence-electron chi connectivity index (χ2n) is 6.11. The molecule has 2 rings (SSSR count). The normalized spacial score (nSPS) is 19.3. The summed E-state index contributed by atoms with van der Waals surface area (Å²) in [6, 6.07) is 9.50. The van der Waals surface area contributed by atoms with E-state index in [0.717, 1.165) is 5.56 Å². The highest BCUT2D eigenvalue weighted by Gasteiger charge is 2.44. The van der Waals surface area contributed by atoms with Gasteiger partial charge in [0.2, 0.25) is 0 Å². The van der Waals surface area contributed by atoms with E-state index in [-0.39, 0.29) is 6.61 Å². The summed E-state index contributed by atoms with van der Waals surface area (Å²) in [5.41, 5.74) is 2.24. The number of benzene rings is 1. The molecule has 142 valence electrons. The van der Waals surface area contributed by atoms with Crippen LogP contribution in [0.1, 0.15) is 18.4 Å². The summed E-state index contributed by atoms with van der Waals surface area (Å²) in [6.07, 6.45) is 0.799. The summed E-state index contributed by atoms with van der Waals surface area (Å²) in [7, 11) is 0. The number of nitrogens with one attached hydrogen (secondary N) is 1. The topological polar surface area (TPSA) is 125 Å². The van der Waals surface area contributed by atoms with Gasteiger partial charge in [-0.1, -0.05) is 30.3 Å². The van der Waals surface area contributed by atoms with Gasteiger partial charge in [-0.15, -0.1) is 5.48 Å². The molecule has 0 aliphatic carbocycles. The maximum Gasteiger partial charge on any atom is 0.407 e. The number of amides is 1. The monoisotopic (exact) mass is 366 g/mol. The fourth-order valence-corrected chi connectivity index (χ4v) is 3.13. The van der Waals surface area contributed by atoms with E-state index < -0.39 is 36.7 Å². The first kappa shape index (κ1) is 19.7. The first-order valence-electron chi connectivity index (χ1n) is 8.19. The molecular weight excluding hydrogens is 344 g/mol. The third-order valence-electron chi connectivity index (χ3n) is 4.20. The van der Waals surface area contributed by atoms with Gasteiger partial charge in [-0.3, -0.25) is 4.79 Å². The van der Waals surface area contributed by atoms with Gasteiger partial charge in [0.15, 0.2) is 0 Å². The molecule has 1 aromatic carbocycles. The lowest BCUT2D eigenvalue weighted by Crippen LogP contribution is -2.52. The number of hydrogen-bond acceptors (Lipinski definition) is 6. The quantitative estimate of drug-likeness (QED) is 0.550. The number of carbonyl (C=O) groups excluding carboxylic acids is 1. The highest BCUT2D eigenvalue weighted by Crippen LogP contribution is 2.33. The Bertz CT molecular complexity index is 637. The fraction of sp³-hybridized carbons (Fsp3) is 0.471. The predicted molar refractivity (Wildman–Crippen MR) is 89.4 cm³/mol. The van der Waals surface area contributed by atoms with Gasteiger partial charge >= 0.3 is 18.0 Å². The van der Waals surface area contributed by atoms with E-state index in [9.17, 15) is 19.5 Å². The number of hydrogen-bond donors (Lipinski definition) is 3. The number of rotatable bonds is 9. The summed E-state index contributed by atoms with van der Waals surface area (Å²) >= 11 is 0. The molecule has 0 aromatic heterocycles. The zero-order valence-corrected chi connectivity index (χ0v) is 14.2. The Labute approximate surface area is 150 Å². The van der Waals surface area contributed by atoms with Crippen molar-refractivity contribution in [1.29, 1.82) is 0 Å². The van der Waals surface area contributed by atoms with Crippen LogP contribution in [-0.4, -0.2) is 65.0 Å². The molecular formula is C17H22N2O7. The van der Waals surface area contributed by atoms with Gasteiger partial charge in [-0.25, -0.2) is 9.59 Å². The summed E-state index contributed by atoms with van der Waals surface area (Å²) < 4.78 is 5.43. The van der Waals surface area contributed by atoms with Crippen LogP contribution in [0, 0.1) is 0 Å². The van der Waals surface area contributed by atoms with Crippen molar-refractivity contribution >= 4 is 18.0 Å². The molecule has 1 aromatic rings. The standard InChI is InChI=1S/C17H22N2O7/c20-14(21)10-18-26-15(22)11-25-12-17(7-4-8-19(17)16(23)24)9-13-5-2-1-3-6-13/h1-3,5-6,18H,4,7-12H2,(H,20,21)(H,23,24)/t17-/m0/s1. The van der Waals surface area contributed by atoms with Crippen LogP contribution in [0.15, 0.2) is 30.3 Å². The number of hydroxylamine groups is 1. The van der Waals surface area contributed by atoms with Gasteiger partial charge in [-0.05, 0) is 24.8 Å². The molecule has 9 heteroatoms. The van der Waals surface area contributed by atoms with Crippen molar-refractivity contribution in [3.05, 3.63) is 35.9 Å². The molecule has 0 spiro atoms. The number of carboxylic acid groups (broad SMARTS) is 2. The molecule has 1 aliphatic heterocycles. The number of carboxylic acids is 1. The first-order valence-corrected chi connectivity index (χ1v) is 8.19. The molecule has 1 aliphatic rings. The van der Waals surface area contributed by atoms with Crippen molar-refractivity contribution in [2.75, 3.05) is 26.3 Å². The second kappa shape index (κ2) is 9.16. The zero-order chi connectivity index (χ0) is 19.0. The van der Waals surface area contributed by atoms with Crippen LogP contribution in [0.25, 0.3) is 0 Å². The van der Waals surface area contributed by atoms with Gasteiger partial charge < -0.3 is 24.7 Å². The van der Waals surface area contributed by atoms with Crippen molar-refractivity contribution in [3.63, 3.8) is 0 Å². The van der Waals surface area contributed by atoms with Crippen LogP contribution in [0.4, 0.5) is 4.79 Å². The fourth-order valence-electron chi connectivity index (χ4n) is 3.13. The van der Waals surface area contributed by atoms with E-state index >= 15 is 0 Å². The molecule has 1 heterocycles. The molecule has 1 saturated heterocycles. The molecule has 0 bridgehead atoms. The van der Waals surface area contributed by atoms with E-state index in [1.807, 2.05) is 35.8 Å². The maximum absolute atomic E-state index is 11.6. The summed E-state index contributed by atoms with van der Waals surface area (Å²) in [4.78, 5) is 39.4. The highest BCUT2D eigenvalue weighted by molar-refractivity contribution is 5.72. The minimum Gasteiger partial charge on any atom is -0.480 e. The van der Waals surface area contributed by atoms with Crippen LogP contribution in [0.3, 0.4) is 0 Å². The average Bonchev–Trinajstić information content (AvgIpc) is 2.99. The van der Waals surface area contributed by atoms with Crippen molar-refractivity contribution in [2.24, 2.45) is 0 Å². The van der Waals surface area contributed by atoms with Crippen molar-refractivity contribution in [1.82, 2.24) is 10.4 Å². The smallest absolute Gasteiger partial charge is 0.407 e. The van der Waals surface area contributed by atoms with E-state index in [2.05, 4.69) is 4.84 Å². The molecule has 0 saturated carbocycles. The summed E-state index contributed by atoms with van der Waals surface area (Å²) in [5.74, 6) is -1.94. The van der Waals surface area contributed by atoms with Crippen LogP contribution in [0.2, 0.25) is 0 Å². The van der Waals surface area contributed by atoms with Gasteiger partial charge in [0, 0.05) is 6.54 Å². The van der Waals surface area contributed by atoms with E-state index in [1.54, 1.807) is 0 Å². The van der Waals surface area contributed by atoms with Crippen LogP contribution >= 0.6 is 0 Å². The molecule has 1 amide bonds. The Balaban J connectivity index is 1.96. The highest BCUT2D eigenvalue weighted by atomic mass is 16.7. The lowest BCUT2D eigenvalue weighted by Gasteiger charge is -2.36. The van der Waals surface area contributed by atoms with Crippen molar-refractivity contribution in [3.8, 4) is 0 Å². The van der Waals surface area contributed by atoms with Gasteiger partial charge in [0.05, 0.1) is 12.1 Å². The van der Waals surface area contributed by atoms with Crippen LogP contribution < -0.4 is 5.48 Å². The second-order valence-corrected chi connectivity index (χ2v) is 6.11. The molecule has 1 atom stereocenters. The SMILES string of the molecule is O=C(O)CNOC(=O)COC[C@@]1(Cc2ccccc2)CCCN1C(=O)O. The molecule has 0 radical (unpaired) electrons. The Hall–Kier alpha value is -2.65. The largest absolute Gasteiger partial charge is 0.480 e. The first-order chi connectivity index (χ1) is 12.4. The van der Waals surface area contributed by atoms with Gasteiger partial charge in [-0.2, -0.15) is 0 Å². The van der Waals surface area contributed by atoms with Crippen molar-refractivity contribution in [2.45, 2.75) is 24.8 Å². The minimum absolute atomic E-state index is 0.0439. The molecule has 3 N–H and O–H groups in total. The lowest BCUT2D eigenvalue weighted by atomic mass is 9.89. The van der Waals surface area contributed by atoms with Crippen molar-refractivity contribution < 1.29 is 34.2 Å². The number of carbonyl (C=O) groups is 3. The van der Waals surface area contributed by atoms with Crippen LogP contribution in [0.5, 0.6) is 0 Å². The molecule has 1 fully saturated rings. The predicted octanol–water partition coefficient (Wildman–Crippen LogP) is 0.891. The van der Waals surface area contributed by atoms with Gasteiger partial charge in [0.25, 0.3) is 0 Å². The van der Waals surface area contributed by atoms with E-state index in [0.29, 0.717) is 25.8 Å². The lowest BCUT2D eigenvalue weighted by molar-refractivity contribution is -0.159. The summed E-state index contributed by atoms with van der Waals surface area (Å²) in [6.45, 7) is -0.467. The number of ether oxygens (including phenoxy) is 1. The zero-order valence-electron chi connectivity index (χ0n) is 14.2.